The van der Waals surface area contributed by atoms with E-state index in [1.54, 1.807) is 11.8 Å². The Labute approximate surface area is 92.5 Å². The fourth-order valence-electron chi connectivity index (χ4n) is 0.925. The van der Waals surface area contributed by atoms with E-state index >= 15 is 0 Å². The quantitative estimate of drug-likeness (QED) is 0.646. The third kappa shape index (κ3) is 4.30. The van der Waals surface area contributed by atoms with Gasteiger partial charge in [0.2, 0.25) is 11.9 Å². The Morgan fingerprint density at radius 1 is 1.27 bits per heavy atom. The van der Waals surface area contributed by atoms with Crippen molar-refractivity contribution in [2.45, 2.75) is 12.7 Å². The molecule has 0 spiro atoms. The monoisotopic (exact) mass is 229 g/mol. The topological polar surface area (TPSA) is 111 Å². The van der Waals surface area contributed by atoms with Crippen molar-refractivity contribution in [1.82, 2.24) is 15.0 Å². The molecule has 0 aliphatic rings. The molecule has 0 aliphatic heterocycles. The molecule has 6 nitrogen and oxygen atoms in total. The maximum Gasteiger partial charge on any atom is 0.225 e. The Bertz CT molecular complexity index is 302. The van der Waals surface area contributed by atoms with Gasteiger partial charge in [-0.3, -0.25) is 0 Å². The molecule has 1 rings (SSSR count). The van der Waals surface area contributed by atoms with Gasteiger partial charge in [-0.1, -0.05) is 6.92 Å². The van der Waals surface area contributed by atoms with Crippen molar-refractivity contribution in [3.05, 3.63) is 5.82 Å². The van der Waals surface area contributed by atoms with Gasteiger partial charge in [0.15, 0.2) is 0 Å². The summed E-state index contributed by atoms with van der Waals surface area (Å²) in [6.07, 6.45) is 0. The molecule has 0 aromatic carbocycles. The molecule has 84 valence electrons. The van der Waals surface area contributed by atoms with Crippen molar-refractivity contribution >= 4 is 23.7 Å². The van der Waals surface area contributed by atoms with Gasteiger partial charge >= 0.3 is 0 Å². The first-order valence-electron chi connectivity index (χ1n) is 4.56. The number of aliphatic hydroxyl groups excluding tert-OH is 1. The molecule has 0 saturated heterocycles. The van der Waals surface area contributed by atoms with Crippen molar-refractivity contribution in [1.29, 1.82) is 0 Å². The van der Waals surface area contributed by atoms with Crippen LogP contribution in [0.4, 0.5) is 11.9 Å². The van der Waals surface area contributed by atoms with Crippen LogP contribution in [0.1, 0.15) is 12.7 Å². The predicted octanol–water partition coefficient (Wildman–Crippen LogP) is -0.102. The van der Waals surface area contributed by atoms with E-state index in [1.165, 1.54) is 0 Å². The first-order valence-corrected chi connectivity index (χ1v) is 5.71. The van der Waals surface area contributed by atoms with Crippen LogP contribution in [0.25, 0.3) is 0 Å². The highest BCUT2D eigenvalue weighted by molar-refractivity contribution is 7.98. The summed E-state index contributed by atoms with van der Waals surface area (Å²) < 4.78 is 0. The molecule has 0 fully saturated rings. The highest BCUT2D eigenvalue weighted by atomic mass is 32.2. The lowest BCUT2D eigenvalue weighted by molar-refractivity contribution is 0.250. The second-order valence-electron chi connectivity index (χ2n) is 3.27. The molecule has 1 atom stereocenters. The summed E-state index contributed by atoms with van der Waals surface area (Å²) >= 11 is 1.63. The standard InChI is InChI=1S/C8H15N5OS/c1-5(2-14)3-15-4-6-11-7(9)13-8(10)12-6/h5,14H,2-4H2,1H3,(H4,9,10,11,12,13). The second kappa shape index (κ2) is 5.72. The molecular formula is C8H15N5OS. The van der Waals surface area contributed by atoms with E-state index in [0.717, 1.165) is 5.75 Å². The van der Waals surface area contributed by atoms with Crippen molar-refractivity contribution in [2.24, 2.45) is 5.92 Å². The molecule has 0 bridgehead atoms. The van der Waals surface area contributed by atoms with Gasteiger partial charge in [-0.15, -0.1) is 0 Å². The van der Waals surface area contributed by atoms with Gasteiger partial charge in [0.05, 0.1) is 5.75 Å². The lowest BCUT2D eigenvalue weighted by Crippen LogP contribution is -2.07. The fraction of sp³-hybridized carbons (Fsp3) is 0.625. The third-order valence-corrected chi connectivity index (χ3v) is 2.93. The van der Waals surface area contributed by atoms with Crippen LogP contribution >= 0.6 is 11.8 Å². The third-order valence-electron chi connectivity index (χ3n) is 1.66. The maximum atomic E-state index is 8.83. The zero-order chi connectivity index (χ0) is 11.3. The number of aromatic nitrogens is 3. The average molecular weight is 229 g/mol. The molecule has 0 saturated carbocycles. The Morgan fingerprint density at radius 3 is 2.40 bits per heavy atom. The number of thioether (sulfide) groups is 1. The van der Waals surface area contributed by atoms with Gasteiger partial charge in [-0.25, -0.2) is 0 Å². The van der Waals surface area contributed by atoms with E-state index in [4.69, 9.17) is 16.6 Å². The number of rotatable bonds is 5. The molecule has 7 heteroatoms. The lowest BCUT2D eigenvalue weighted by Gasteiger charge is -2.06. The number of hydrogen-bond acceptors (Lipinski definition) is 7. The van der Waals surface area contributed by atoms with Crippen LogP contribution in [-0.2, 0) is 5.75 Å². The highest BCUT2D eigenvalue weighted by Gasteiger charge is 2.04. The van der Waals surface area contributed by atoms with Crippen LogP contribution in [0.15, 0.2) is 0 Å². The lowest BCUT2D eigenvalue weighted by atomic mass is 10.2. The normalized spacial score (nSPS) is 12.7. The van der Waals surface area contributed by atoms with Crippen LogP contribution in [-0.4, -0.2) is 32.4 Å². The Morgan fingerprint density at radius 2 is 1.87 bits per heavy atom. The van der Waals surface area contributed by atoms with E-state index in [2.05, 4.69) is 15.0 Å². The predicted molar refractivity (Wildman–Crippen MR) is 61.1 cm³/mol. The van der Waals surface area contributed by atoms with Crippen molar-refractivity contribution < 1.29 is 5.11 Å². The van der Waals surface area contributed by atoms with Gasteiger partial charge in [0, 0.05) is 6.61 Å². The summed E-state index contributed by atoms with van der Waals surface area (Å²) in [6, 6.07) is 0. The molecule has 0 radical (unpaired) electrons. The SMILES string of the molecule is CC(CO)CSCc1nc(N)nc(N)n1. The van der Waals surface area contributed by atoms with E-state index in [0.29, 0.717) is 11.6 Å². The molecule has 5 N–H and O–H groups in total. The number of nitrogens with zero attached hydrogens (tertiary/aromatic N) is 3. The summed E-state index contributed by atoms with van der Waals surface area (Å²) in [5, 5.41) is 8.83. The van der Waals surface area contributed by atoms with E-state index in [-0.39, 0.29) is 24.4 Å². The van der Waals surface area contributed by atoms with Crippen molar-refractivity contribution in [3.63, 3.8) is 0 Å². The van der Waals surface area contributed by atoms with Gasteiger partial charge in [-0.2, -0.15) is 26.7 Å². The average Bonchev–Trinajstić information content (AvgIpc) is 2.16. The van der Waals surface area contributed by atoms with Crippen LogP contribution in [0.2, 0.25) is 0 Å². The largest absolute Gasteiger partial charge is 0.396 e. The molecule has 1 unspecified atom stereocenters. The summed E-state index contributed by atoms with van der Waals surface area (Å²) in [5.41, 5.74) is 10.9. The zero-order valence-electron chi connectivity index (χ0n) is 8.55. The number of aliphatic hydroxyl groups is 1. The minimum atomic E-state index is 0.147. The molecular weight excluding hydrogens is 214 g/mol. The number of nitrogen functional groups attached to an aromatic ring is 2. The van der Waals surface area contributed by atoms with Crippen molar-refractivity contribution in [2.75, 3.05) is 23.8 Å². The van der Waals surface area contributed by atoms with Crippen LogP contribution in [0.3, 0.4) is 0 Å². The summed E-state index contributed by atoms with van der Waals surface area (Å²) in [4.78, 5) is 11.6. The number of hydrogen-bond donors (Lipinski definition) is 3. The zero-order valence-corrected chi connectivity index (χ0v) is 9.37. The van der Waals surface area contributed by atoms with Crippen LogP contribution < -0.4 is 11.5 Å². The van der Waals surface area contributed by atoms with Crippen LogP contribution in [0.5, 0.6) is 0 Å². The Hall–Kier alpha value is -1.08. The minimum Gasteiger partial charge on any atom is -0.396 e. The first-order chi connectivity index (χ1) is 7.11. The summed E-state index contributed by atoms with van der Waals surface area (Å²) in [7, 11) is 0. The van der Waals surface area contributed by atoms with E-state index in [1.807, 2.05) is 6.92 Å². The molecule has 1 aromatic heterocycles. The first kappa shape index (κ1) is 12.0. The van der Waals surface area contributed by atoms with Crippen LogP contribution in [0, 0.1) is 5.92 Å². The molecule has 1 heterocycles. The Balaban J connectivity index is 2.43. The smallest absolute Gasteiger partial charge is 0.225 e. The Kier molecular flexibility index (Phi) is 4.57. The maximum absolute atomic E-state index is 8.83. The van der Waals surface area contributed by atoms with Gasteiger partial charge < -0.3 is 16.6 Å². The number of nitrogens with two attached hydrogens (primary N) is 2. The minimum absolute atomic E-state index is 0.147. The second-order valence-corrected chi connectivity index (χ2v) is 4.30. The van der Waals surface area contributed by atoms with Gasteiger partial charge in [0.25, 0.3) is 0 Å². The molecule has 1 aromatic rings. The van der Waals surface area contributed by atoms with Gasteiger partial charge in [-0.05, 0) is 11.7 Å². The molecule has 0 aliphatic carbocycles. The van der Waals surface area contributed by atoms with Gasteiger partial charge in [0.1, 0.15) is 5.82 Å². The summed E-state index contributed by atoms with van der Waals surface area (Å²) in [5.74, 6) is 2.62. The van der Waals surface area contributed by atoms with E-state index in [9.17, 15) is 0 Å². The van der Waals surface area contributed by atoms with E-state index < -0.39 is 0 Å². The molecule has 0 amide bonds. The van der Waals surface area contributed by atoms with Crippen molar-refractivity contribution in [3.8, 4) is 0 Å². The summed E-state index contributed by atoms with van der Waals surface area (Å²) in [6.45, 7) is 2.16. The highest BCUT2D eigenvalue weighted by Crippen LogP contribution is 2.13. The molecule has 15 heavy (non-hydrogen) atoms. The number of anilines is 2. The fourth-order valence-corrected chi connectivity index (χ4v) is 1.86.